The Morgan fingerprint density at radius 3 is 2.90 bits per heavy atom. The van der Waals surface area contributed by atoms with Gasteiger partial charge in [-0.1, -0.05) is 0 Å². The first-order chi connectivity index (χ1) is 9.93. The number of aryl methyl sites for hydroxylation is 1. The van der Waals surface area contributed by atoms with Gasteiger partial charge in [0.25, 0.3) is 0 Å². The van der Waals surface area contributed by atoms with Crippen molar-refractivity contribution < 1.29 is 9.18 Å². The third kappa shape index (κ3) is 3.55. The van der Waals surface area contributed by atoms with Crippen LogP contribution in [-0.2, 0) is 11.3 Å². The van der Waals surface area contributed by atoms with Gasteiger partial charge in [-0.25, -0.2) is 9.37 Å². The van der Waals surface area contributed by atoms with Gasteiger partial charge in [-0.05, 0) is 35.8 Å². The molecule has 0 aliphatic carbocycles. The van der Waals surface area contributed by atoms with Gasteiger partial charge in [-0.15, -0.1) is 11.6 Å². The molecule has 114 valence electrons. The smallest absolute Gasteiger partial charge is 0.221 e. The number of alkyl halides is 1. The van der Waals surface area contributed by atoms with Gasteiger partial charge in [0.15, 0.2) is 0 Å². The van der Waals surface area contributed by atoms with Gasteiger partial charge < -0.3 is 9.88 Å². The van der Waals surface area contributed by atoms with E-state index in [1.807, 2.05) is 11.5 Å². The number of carbonyl (C=O) groups is 1. The van der Waals surface area contributed by atoms with Gasteiger partial charge in [-0.3, -0.25) is 4.79 Å². The summed E-state index contributed by atoms with van der Waals surface area (Å²) in [5.41, 5.74) is 1.30. The van der Waals surface area contributed by atoms with Crippen molar-refractivity contribution in [1.82, 2.24) is 14.9 Å². The molecule has 0 aliphatic rings. The van der Waals surface area contributed by atoms with Crippen molar-refractivity contribution in [3.8, 4) is 0 Å². The molecule has 0 bridgehead atoms. The molecule has 1 unspecified atom stereocenters. The van der Waals surface area contributed by atoms with E-state index in [1.54, 1.807) is 13.0 Å². The van der Waals surface area contributed by atoms with Crippen LogP contribution in [0.25, 0.3) is 11.0 Å². The van der Waals surface area contributed by atoms with Gasteiger partial charge >= 0.3 is 0 Å². The highest BCUT2D eigenvalue weighted by Gasteiger charge is 2.17. The molecule has 0 aliphatic heterocycles. The molecule has 1 aromatic carbocycles. The fraction of sp³-hybridized carbons (Fsp3) is 0.429. The van der Waals surface area contributed by atoms with Crippen LogP contribution in [0.5, 0.6) is 0 Å². The lowest BCUT2D eigenvalue weighted by Gasteiger charge is -2.10. The van der Waals surface area contributed by atoms with Crippen molar-refractivity contribution >= 4 is 44.5 Å². The van der Waals surface area contributed by atoms with Crippen molar-refractivity contribution in [2.45, 2.75) is 32.2 Å². The van der Waals surface area contributed by atoms with Gasteiger partial charge in [-0.2, -0.15) is 0 Å². The minimum atomic E-state index is -0.371. The van der Waals surface area contributed by atoms with Crippen LogP contribution < -0.4 is 5.32 Å². The first kappa shape index (κ1) is 16.2. The highest BCUT2D eigenvalue weighted by Crippen LogP contribution is 2.28. The number of benzene rings is 1. The standard InChI is InChI=1S/C14H16BrClFN3O/c1-3-18-13(21)4-5-20-12-6-9(15)10(17)7-11(12)19-14(20)8(2)16/h6-8H,3-5H2,1-2H3,(H,18,21). The number of aromatic nitrogens is 2. The maximum Gasteiger partial charge on any atom is 0.221 e. The molecular formula is C14H16BrClFN3O. The number of nitrogens with zero attached hydrogens (tertiary/aromatic N) is 2. The first-order valence-corrected chi connectivity index (χ1v) is 7.93. The molecule has 1 heterocycles. The summed E-state index contributed by atoms with van der Waals surface area (Å²) < 4.78 is 15.8. The molecule has 1 amide bonds. The molecule has 0 saturated heterocycles. The molecule has 4 nitrogen and oxygen atoms in total. The van der Waals surface area contributed by atoms with Crippen LogP contribution in [0.1, 0.15) is 31.5 Å². The molecule has 2 rings (SSSR count). The Labute approximate surface area is 135 Å². The van der Waals surface area contributed by atoms with E-state index < -0.39 is 0 Å². The summed E-state index contributed by atoms with van der Waals surface area (Å²) in [4.78, 5) is 16.0. The molecule has 0 spiro atoms. The number of nitrogens with one attached hydrogen (secondary N) is 1. The van der Waals surface area contributed by atoms with Gasteiger partial charge in [0.05, 0.1) is 20.9 Å². The van der Waals surface area contributed by atoms with Gasteiger partial charge in [0, 0.05) is 25.6 Å². The number of fused-ring (bicyclic) bond motifs is 1. The van der Waals surface area contributed by atoms with Gasteiger partial charge in [0.2, 0.25) is 5.91 Å². The minimum absolute atomic E-state index is 0.0336. The lowest BCUT2D eigenvalue weighted by molar-refractivity contribution is -0.121. The Balaban J connectivity index is 2.41. The Morgan fingerprint density at radius 1 is 1.57 bits per heavy atom. The Morgan fingerprint density at radius 2 is 2.29 bits per heavy atom. The second-order valence-electron chi connectivity index (χ2n) is 4.70. The molecule has 0 radical (unpaired) electrons. The van der Waals surface area contributed by atoms with Crippen LogP contribution in [0.2, 0.25) is 0 Å². The second kappa shape index (κ2) is 6.75. The zero-order valence-corrected chi connectivity index (χ0v) is 14.1. The summed E-state index contributed by atoms with van der Waals surface area (Å²) in [5, 5.41) is 2.42. The lowest BCUT2D eigenvalue weighted by Crippen LogP contribution is -2.24. The first-order valence-electron chi connectivity index (χ1n) is 6.70. The number of carbonyl (C=O) groups excluding carboxylic acids is 1. The van der Waals surface area contributed by atoms with Crippen LogP contribution in [0.4, 0.5) is 4.39 Å². The summed E-state index contributed by atoms with van der Waals surface area (Å²) in [5.74, 6) is 0.229. The third-order valence-electron chi connectivity index (χ3n) is 3.11. The quantitative estimate of drug-likeness (QED) is 0.808. The molecule has 0 saturated carbocycles. The van der Waals surface area contributed by atoms with Crippen LogP contribution in [0.3, 0.4) is 0 Å². The summed E-state index contributed by atoms with van der Waals surface area (Å²) in [7, 11) is 0. The summed E-state index contributed by atoms with van der Waals surface area (Å²) >= 11 is 9.32. The predicted molar refractivity (Wildman–Crippen MR) is 85.0 cm³/mol. The molecule has 21 heavy (non-hydrogen) atoms. The normalized spacial score (nSPS) is 12.6. The highest BCUT2D eigenvalue weighted by molar-refractivity contribution is 9.10. The number of hydrogen-bond acceptors (Lipinski definition) is 2. The number of rotatable bonds is 5. The van der Waals surface area contributed by atoms with Gasteiger partial charge in [0.1, 0.15) is 11.6 Å². The molecule has 0 fully saturated rings. The number of imidazole rings is 1. The molecule has 7 heteroatoms. The fourth-order valence-electron chi connectivity index (χ4n) is 2.18. The lowest BCUT2D eigenvalue weighted by atomic mass is 10.3. The number of hydrogen-bond donors (Lipinski definition) is 1. The van der Waals surface area contributed by atoms with Crippen molar-refractivity contribution in [1.29, 1.82) is 0 Å². The predicted octanol–water partition coefficient (Wildman–Crippen LogP) is 3.76. The van der Waals surface area contributed by atoms with E-state index in [1.165, 1.54) is 6.07 Å². The van der Waals surface area contributed by atoms with E-state index in [0.29, 0.717) is 35.3 Å². The van der Waals surface area contributed by atoms with Crippen LogP contribution in [0.15, 0.2) is 16.6 Å². The fourth-order valence-corrected chi connectivity index (χ4v) is 2.67. The maximum atomic E-state index is 13.6. The van der Waals surface area contributed by atoms with E-state index in [2.05, 4.69) is 26.2 Å². The molecule has 1 atom stereocenters. The van der Waals surface area contributed by atoms with Crippen molar-refractivity contribution in [2.24, 2.45) is 0 Å². The average molecular weight is 377 g/mol. The minimum Gasteiger partial charge on any atom is -0.356 e. The molecular weight excluding hydrogens is 361 g/mol. The third-order valence-corrected chi connectivity index (χ3v) is 3.91. The van der Waals surface area contributed by atoms with E-state index in [4.69, 9.17) is 11.6 Å². The maximum absolute atomic E-state index is 13.6. The van der Waals surface area contributed by atoms with Crippen molar-refractivity contribution in [3.63, 3.8) is 0 Å². The zero-order chi connectivity index (χ0) is 15.6. The Kier molecular flexibility index (Phi) is 5.22. The van der Waals surface area contributed by atoms with E-state index in [-0.39, 0.29) is 17.1 Å². The number of halogens is 3. The highest BCUT2D eigenvalue weighted by atomic mass is 79.9. The van der Waals surface area contributed by atoms with Crippen molar-refractivity contribution in [3.05, 3.63) is 28.2 Å². The van der Waals surface area contributed by atoms with E-state index in [0.717, 1.165) is 5.52 Å². The molecule has 1 aromatic heterocycles. The Hall–Kier alpha value is -1.14. The van der Waals surface area contributed by atoms with E-state index >= 15 is 0 Å². The largest absolute Gasteiger partial charge is 0.356 e. The molecule has 2 aromatic rings. The van der Waals surface area contributed by atoms with E-state index in [9.17, 15) is 9.18 Å². The van der Waals surface area contributed by atoms with Crippen molar-refractivity contribution in [2.75, 3.05) is 6.54 Å². The second-order valence-corrected chi connectivity index (χ2v) is 6.21. The SMILES string of the molecule is CCNC(=O)CCn1c(C(C)Cl)nc2cc(F)c(Br)cc21. The van der Waals surface area contributed by atoms with Crippen LogP contribution in [0, 0.1) is 5.82 Å². The summed E-state index contributed by atoms with van der Waals surface area (Å²) in [6.45, 7) is 4.72. The van der Waals surface area contributed by atoms with Crippen LogP contribution >= 0.6 is 27.5 Å². The Bertz CT molecular complexity index is 672. The summed E-state index contributed by atoms with van der Waals surface area (Å²) in [6.07, 6.45) is 0.324. The summed E-state index contributed by atoms with van der Waals surface area (Å²) in [6, 6.07) is 3.03. The average Bonchev–Trinajstić information content (AvgIpc) is 2.75. The monoisotopic (exact) mass is 375 g/mol. The topological polar surface area (TPSA) is 46.9 Å². The zero-order valence-electron chi connectivity index (χ0n) is 11.8. The van der Waals surface area contributed by atoms with Crippen LogP contribution in [-0.4, -0.2) is 22.0 Å². The molecule has 1 N–H and O–H groups in total. The number of amides is 1.